The summed E-state index contributed by atoms with van der Waals surface area (Å²) in [5, 5.41) is 9.71. The van der Waals surface area contributed by atoms with Gasteiger partial charge in [-0.05, 0) is 61.4 Å². The molecule has 0 saturated heterocycles. The van der Waals surface area contributed by atoms with Crippen LogP contribution in [0.3, 0.4) is 0 Å². The number of imidazole rings is 1. The number of benzene rings is 1. The van der Waals surface area contributed by atoms with E-state index in [2.05, 4.69) is 4.98 Å². The van der Waals surface area contributed by atoms with Crippen molar-refractivity contribution >= 4 is 11.4 Å². The fraction of sp³-hybridized carbons (Fsp3) is 0.417. The van der Waals surface area contributed by atoms with Crippen molar-refractivity contribution in [2.45, 2.75) is 44.1 Å². The molecule has 1 aromatic carbocycles. The second-order valence-electron chi connectivity index (χ2n) is 8.73. The minimum absolute atomic E-state index is 0.0539. The molecule has 0 spiro atoms. The maximum atomic E-state index is 13.2. The summed E-state index contributed by atoms with van der Waals surface area (Å²) in [7, 11) is 1.41. The number of hydrogen-bond acceptors (Lipinski definition) is 5. The van der Waals surface area contributed by atoms with E-state index in [0.29, 0.717) is 29.2 Å². The van der Waals surface area contributed by atoms with Crippen molar-refractivity contribution in [3.63, 3.8) is 0 Å². The largest absolute Gasteiger partial charge is 0.496 e. The lowest BCUT2D eigenvalue weighted by atomic mass is 9.98. The molecule has 0 aliphatic heterocycles. The van der Waals surface area contributed by atoms with E-state index in [0.717, 1.165) is 31.2 Å². The van der Waals surface area contributed by atoms with Crippen molar-refractivity contribution in [2.75, 3.05) is 13.7 Å². The number of nitrogens with zero attached hydrogens (tertiary/aromatic N) is 2. The average Bonchev–Trinajstić information content (AvgIpc) is 3.70. The molecule has 0 radical (unpaired) electrons. The lowest BCUT2D eigenvalue weighted by Crippen LogP contribution is -2.12. The van der Waals surface area contributed by atoms with Crippen LogP contribution in [0.25, 0.3) is 16.9 Å². The van der Waals surface area contributed by atoms with Crippen LogP contribution < -0.4 is 9.47 Å². The molecular weight excluding hydrogens is 418 g/mol. The molecule has 8 heteroatoms. The van der Waals surface area contributed by atoms with Crippen LogP contribution in [0.4, 0.5) is 8.78 Å². The van der Waals surface area contributed by atoms with Crippen molar-refractivity contribution in [2.24, 2.45) is 5.92 Å². The topological polar surface area (TPSA) is 73.1 Å². The van der Waals surface area contributed by atoms with E-state index in [1.807, 2.05) is 22.7 Å². The molecule has 2 fully saturated rings. The van der Waals surface area contributed by atoms with Gasteiger partial charge in [-0.25, -0.2) is 4.98 Å². The molecule has 0 amide bonds. The van der Waals surface area contributed by atoms with Gasteiger partial charge in [0, 0.05) is 23.6 Å². The summed E-state index contributed by atoms with van der Waals surface area (Å²) in [6, 6.07) is 6.99. The van der Waals surface area contributed by atoms with Gasteiger partial charge < -0.3 is 14.6 Å². The standard InChI is InChI=1S/C24H24F2N2O4/c1-31-19-9-15(10-20(32-23(25)26)22(19)18(30)8-14-2-3-14)17-12-27-21-11-16(4-7-28(17)21)24(13-29)5-6-24/h4,7,9-12,14,23,29H,2-3,5-6,8,13H2,1H3. The van der Waals surface area contributed by atoms with Crippen LogP contribution in [0.2, 0.25) is 0 Å². The molecule has 6 nitrogen and oxygen atoms in total. The number of ether oxygens (including phenoxy) is 2. The summed E-state index contributed by atoms with van der Waals surface area (Å²) in [4.78, 5) is 17.3. The van der Waals surface area contributed by atoms with Crippen LogP contribution >= 0.6 is 0 Å². The molecule has 2 aliphatic rings. The lowest BCUT2D eigenvalue weighted by molar-refractivity contribution is -0.0502. The van der Waals surface area contributed by atoms with E-state index in [1.165, 1.54) is 13.2 Å². The van der Waals surface area contributed by atoms with Crippen molar-refractivity contribution in [3.05, 3.63) is 47.8 Å². The predicted octanol–water partition coefficient (Wildman–Crippen LogP) is 4.62. The highest BCUT2D eigenvalue weighted by Gasteiger charge is 2.43. The normalized spacial score (nSPS) is 17.0. The molecule has 168 valence electrons. The second-order valence-corrected chi connectivity index (χ2v) is 8.73. The first-order valence-corrected chi connectivity index (χ1v) is 10.7. The van der Waals surface area contributed by atoms with Gasteiger partial charge in [0.2, 0.25) is 0 Å². The zero-order valence-corrected chi connectivity index (χ0v) is 17.7. The monoisotopic (exact) mass is 442 g/mol. The number of fused-ring (bicyclic) bond motifs is 1. The minimum Gasteiger partial charge on any atom is -0.496 e. The molecule has 2 saturated carbocycles. The highest BCUT2D eigenvalue weighted by molar-refractivity contribution is 6.02. The first-order chi connectivity index (χ1) is 15.4. The van der Waals surface area contributed by atoms with Crippen LogP contribution in [-0.2, 0) is 5.41 Å². The number of aliphatic hydroxyl groups is 1. The number of aliphatic hydroxyl groups excluding tert-OH is 1. The Bertz CT molecular complexity index is 1180. The maximum absolute atomic E-state index is 13.2. The quantitative estimate of drug-likeness (QED) is 0.490. The third-order valence-electron chi connectivity index (χ3n) is 6.53. The Labute approximate surface area is 183 Å². The van der Waals surface area contributed by atoms with E-state index < -0.39 is 6.61 Å². The predicted molar refractivity (Wildman–Crippen MR) is 113 cm³/mol. The van der Waals surface area contributed by atoms with E-state index >= 15 is 0 Å². The highest BCUT2D eigenvalue weighted by atomic mass is 19.3. The Kier molecular flexibility index (Phi) is 5.12. The molecule has 1 N–H and O–H groups in total. The first kappa shape index (κ1) is 20.9. The Morgan fingerprint density at radius 2 is 2.03 bits per heavy atom. The fourth-order valence-electron chi connectivity index (χ4n) is 4.26. The molecule has 2 heterocycles. The van der Waals surface area contributed by atoms with E-state index in [9.17, 15) is 18.7 Å². The van der Waals surface area contributed by atoms with Gasteiger partial charge in [-0.3, -0.25) is 9.20 Å². The minimum atomic E-state index is -3.07. The van der Waals surface area contributed by atoms with Crippen molar-refractivity contribution in [1.29, 1.82) is 0 Å². The van der Waals surface area contributed by atoms with Gasteiger partial charge in [-0.2, -0.15) is 8.78 Å². The van der Waals surface area contributed by atoms with Gasteiger partial charge in [0.1, 0.15) is 22.7 Å². The SMILES string of the molecule is COc1cc(-c2cnc3cc(C4(CO)CC4)ccn23)cc(OC(F)F)c1C(=O)CC1CC1. The van der Waals surface area contributed by atoms with Gasteiger partial charge in [-0.1, -0.05) is 0 Å². The van der Waals surface area contributed by atoms with Gasteiger partial charge in [0.05, 0.1) is 25.6 Å². The number of pyridine rings is 1. The summed E-state index contributed by atoms with van der Waals surface area (Å²) in [6.45, 7) is -2.97. The average molecular weight is 442 g/mol. The molecule has 2 aliphatic carbocycles. The second kappa shape index (κ2) is 7.85. The number of halogens is 2. The number of ketones is 1. The van der Waals surface area contributed by atoms with Gasteiger partial charge in [0.25, 0.3) is 0 Å². The summed E-state index contributed by atoms with van der Waals surface area (Å²) >= 11 is 0. The molecule has 0 atom stereocenters. The Morgan fingerprint density at radius 3 is 2.66 bits per heavy atom. The highest BCUT2D eigenvalue weighted by Crippen LogP contribution is 2.48. The summed E-state index contributed by atoms with van der Waals surface area (Å²) in [6.07, 6.45) is 7.61. The molecule has 0 unspecified atom stereocenters. The maximum Gasteiger partial charge on any atom is 0.387 e. The van der Waals surface area contributed by atoms with Crippen LogP contribution in [-0.4, -0.2) is 40.6 Å². The number of carbonyl (C=O) groups is 1. The van der Waals surface area contributed by atoms with Gasteiger partial charge in [-0.15, -0.1) is 0 Å². The van der Waals surface area contributed by atoms with Crippen molar-refractivity contribution in [1.82, 2.24) is 9.38 Å². The number of rotatable bonds is 9. The van der Waals surface area contributed by atoms with Crippen LogP contribution in [0.1, 0.15) is 48.0 Å². The Balaban J connectivity index is 1.58. The molecular formula is C24H24F2N2O4. The van der Waals surface area contributed by atoms with Gasteiger partial charge >= 0.3 is 6.61 Å². The number of hydrogen-bond donors (Lipinski definition) is 1. The summed E-state index contributed by atoms with van der Waals surface area (Å²) < 4.78 is 38.4. The van der Waals surface area contributed by atoms with E-state index in [-0.39, 0.29) is 34.9 Å². The van der Waals surface area contributed by atoms with Crippen LogP contribution in [0, 0.1) is 5.92 Å². The number of carbonyl (C=O) groups excluding carboxylic acids is 1. The molecule has 3 aromatic rings. The Morgan fingerprint density at radius 1 is 1.28 bits per heavy atom. The smallest absolute Gasteiger partial charge is 0.387 e. The third-order valence-corrected chi connectivity index (χ3v) is 6.53. The summed E-state index contributed by atoms with van der Waals surface area (Å²) in [5.74, 6) is 0.0531. The van der Waals surface area contributed by atoms with E-state index in [1.54, 1.807) is 12.3 Å². The number of alkyl halides is 2. The molecule has 2 aromatic heterocycles. The van der Waals surface area contributed by atoms with Gasteiger partial charge in [0.15, 0.2) is 5.78 Å². The molecule has 0 bridgehead atoms. The number of methoxy groups -OCH3 is 1. The lowest BCUT2D eigenvalue weighted by Gasteiger charge is -2.16. The third kappa shape index (κ3) is 3.72. The molecule has 5 rings (SSSR count). The van der Waals surface area contributed by atoms with Crippen LogP contribution in [0.5, 0.6) is 11.5 Å². The fourth-order valence-corrected chi connectivity index (χ4v) is 4.26. The molecule has 32 heavy (non-hydrogen) atoms. The van der Waals surface area contributed by atoms with Crippen molar-refractivity contribution < 1.29 is 28.2 Å². The summed E-state index contributed by atoms with van der Waals surface area (Å²) in [5.41, 5.74) is 2.78. The van der Waals surface area contributed by atoms with E-state index in [4.69, 9.17) is 9.47 Å². The first-order valence-electron chi connectivity index (χ1n) is 10.7. The number of Topliss-reactive ketones (excluding diaryl/α,β-unsaturated/α-hetero) is 1. The zero-order chi connectivity index (χ0) is 22.5. The number of aromatic nitrogens is 2. The van der Waals surface area contributed by atoms with Crippen molar-refractivity contribution in [3.8, 4) is 22.8 Å². The zero-order valence-electron chi connectivity index (χ0n) is 17.7. The van der Waals surface area contributed by atoms with Crippen LogP contribution in [0.15, 0.2) is 36.7 Å². The Hall–Kier alpha value is -3.00.